The van der Waals surface area contributed by atoms with Crippen LogP contribution in [0.4, 0.5) is 13.6 Å². The third kappa shape index (κ3) is 1.34. The molecule has 2 fully saturated rings. The topological polar surface area (TPSA) is 54.0 Å². The van der Waals surface area contributed by atoms with Gasteiger partial charge in [0.15, 0.2) is 0 Å². The van der Waals surface area contributed by atoms with Crippen LogP contribution in [0.15, 0.2) is 12.5 Å². The maximum Gasteiger partial charge on any atom is 0.511 e. The molecule has 78 valence electrons. The largest absolute Gasteiger partial charge is 0.511 e. The number of carbonyl (C=O) groups is 1. The monoisotopic (exact) mass is 208 g/mol. The molecule has 2 rings (SSSR count). The fourth-order valence-corrected chi connectivity index (χ4v) is 1.21. The normalized spacial score (nSPS) is 41.3. The summed E-state index contributed by atoms with van der Waals surface area (Å²) in [6.45, 7) is 3.18. The minimum absolute atomic E-state index is 0.280. The molecule has 2 aliphatic heterocycles. The summed E-state index contributed by atoms with van der Waals surface area (Å²) < 4.78 is 43.3. The molecule has 0 aromatic heterocycles. The van der Waals surface area contributed by atoms with Gasteiger partial charge in [-0.25, -0.2) is 4.79 Å². The Morgan fingerprint density at radius 3 is 2.00 bits per heavy atom. The molecule has 14 heavy (non-hydrogen) atoms. The van der Waals surface area contributed by atoms with Gasteiger partial charge in [0.25, 0.3) is 18.7 Å². The number of hydrogen-bond donors (Lipinski definition) is 0. The second kappa shape index (κ2) is 3.00. The molecule has 5 nitrogen and oxygen atoms in total. The Kier molecular flexibility index (Phi) is 1.94. The van der Waals surface area contributed by atoms with Gasteiger partial charge in [-0.05, 0) is 6.58 Å². The predicted molar refractivity (Wildman–Crippen MR) is 36.2 cm³/mol. The molecule has 0 aromatic rings. The molecule has 0 N–H and O–H groups in total. The van der Waals surface area contributed by atoms with E-state index in [1.807, 2.05) is 0 Å². The van der Waals surface area contributed by atoms with Crippen molar-refractivity contribution in [2.45, 2.75) is 24.9 Å². The lowest BCUT2D eigenvalue weighted by Gasteiger charge is -2.14. The van der Waals surface area contributed by atoms with E-state index in [4.69, 9.17) is 0 Å². The third-order valence-corrected chi connectivity index (χ3v) is 1.79. The number of hydrogen-bond acceptors (Lipinski definition) is 5. The van der Waals surface area contributed by atoms with Crippen molar-refractivity contribution in [1.29, 1.82) is 0 Å². The van der Waals surface area contributed by atoms with Gasteiger partial charge in [-0.2, -0.15) is 8.78 Å². The highest BCUT2D eigenvalue weighted by atomic mass is 19.2. The first-order chi connectivity index (χ1) is 6.58. The molecular weight excluding hydrogens is 202 g/mol. The number of alkyl halides is 2. The molecule has 0 bridgehead atoms. The zero-order valence-electron chi connectivity index (χ0n) is 6.81. The third-order valence-electron chi connectivity index (χ3n) is 1.79. The molecule has 0 spiro atoms. The summed E-state index contributed by atoms with van der Waals surface area (Å²) in [6.07, 6.45) is -8.00. The smallest absolute Gasteiger partial charge is 0.451 e. The highest BCUT2D eigenvalue weighted by Crippen LogP contribution is 2.31. The summed E-state index contributed by atoms with van der Waals surface area (Å²) in [7, 11) is 0. The first-order valence-corrected chi connectivity index (χ1v) is 3.75. The lowest BCUT2D eigenvalue weighted by molar-refractivity contribution is -0.0661. The average molecular weight is 208 g/mol. The number of ether oxygens (including phenoxy) is 4. The van der Waals surface area contributed by atoms with Crippen LogP contribution in [0.2, 0.25) is 0 Å². The Labute approximate surface area is 77.2 Å². The van der Waals surface area contributed by atoms with E-state index < -0.39 is 31.1 Å². The Balaban J connectivity index is 2.08. The van der Waals surface area contributed by atoms with Gasteiger partial charge in [0.05, 0.1) is 0 Å². The number of halogens is 2. The van der Waals surface area contributed by atoms with Gasteiger partial charge in [0.1, 0.15) is 0 Å². The summed E-state index contributed by atoms with van der Waals surface area (Å²) in [5.74, 6) is -0.280. The van der Waals surface area contributed by atoms with Crippen molar-refractivity contribution >= 4 is 6.16 Å². The summed E-state index contributed by atoms with van der Waals surface area (Å²) >= 11 is 0. The van der Waals surface area contributed by atoms with Crippen molar-refractivity contribution in [3.8, 4) is 0 Å². The van der Waals surface area contributed by atoms with Crippen LogP contribution in [-0.4, -0.2) is 31.1 Å². The van der Waals surface area contributed by atoms with E-state index in [0.29, 0.717) is 0 Å². The lowest BCUT2D eigenvalue weighted by Crippen LogP contribution is -2.37. The van der Waals surface area contributed by atoms with Crippen LogP contribution < -0.4 is 0 Å². The van der Waals surface area contributed by atoms with E-state index in [1.165, 1.54) is 0 Å². The zero-order valence-corrected chi connectivity index (χ0v) is 6.81. The van der Waals surface area contributed by atoms with Crippen LogP contribution in [0.25, 0.3) is 0 Å². The van der Waals surface area contributed by atoms with E-state index in [-0.39, 0.29) is 5.95 Å². The Bertz CT molecular complexity index is 253. The average Bonchev–Trinajstić information content (AvgIpc) is 2.55. The minimum Gasteiger partial charge on any atom is -0.451 e. The summed E-state index contributed by atoms with van der Waals surface area (Å²) in [6, 6.07) is 0. The molecule has 0 radical (unpaired) electrons. The molecule has 2 heterocycles. The number of carbonyl (C=O) groups excluding carboxylic acids is 1. The molecule has 4 unspecified atom stereocenters. The van der Waals surface area contributed by atoms with Crippen molar-refractivity contribution in [3.05, 3.63) is 12.5 Å². The van der Waals surface area contributed by atoms with Gasteiger partial charge in [0.2, 0.25) is 12.2 Å². The molecule has 0 saturated carbocycles. The zero-order chi connectivity index (χ0) is 10.3. The molecule has 7 heteroatoms. The Morgan fingerprint density at radius 1 is 1.00 bits per heavy atom. The molecule has 0 aliphatic carbocycles. The second-order valence-electron chi connectivity index (χ2n) is 2.72. The molecule has 0 amide bonds. The van der Waals surface area contributed by atoms with E-state index in [1.54, 1.807) is 0 Å². The van der Waals surface area contributed by atoms with Crippen LogP contribution >= 0.6 is 0 Å². The highest BCUT2D eigenvalue weighted by molar-refractivity contribution is 5.62. The first kappa shape index (κ1) is 9.04. The van der Waals surface area contributed by atoms with Gasteiger partial charge in [-0.1, -0.05) is 0 Å². The van der Waals surface area contributed by atoms with E-state index in [2.05, 4.69) is 25.5 Å². The lowest BCUT2D eigenvalue weighted by atomic mass is 10.2. The van der Waals surface area contributed by atoms with Crippen molar-refractivity contribution in [2.75, 3.05) is 0 Å². The van der Waals surface area contributed by atoms with Crippen LogP contribution in [-0.2, 0) is 18.9 Å². The molecule has 2 aliphatic rings. The van der Waals surface area contributed by atoms with E-state index in [0.717, 1.165) is 0 Å². The Morgan fingerprint density at radius 2 is 1.57 bits per heavy atom. The van der Waals surface area contributed by atoms with Gasteiger partial charge < -0.3 is 18.9 Å². The van der Waals surface area contributed by atoms with Crippen LogP contribution in [0, 0.1) is 0 Å². The second-order valence-corrected chi connectivity index (χ2v) is 2.72. The predicted octanol–water partition coefficient (Wildman–Crippen LogP) is 1.000. The standard InChI is InChI=1S/C7H6F2O5/c1-2-11-3(5(8)12-2)4-6(9)14-7(10)13-4/h3-6H,1H2. The van der Waals surface area contributed by atoms with E-state index in [9.17, 15) is 13.6 Å². The highest BCUT2D eigenvalue weighted by Gasteiger charge is 2.51. The summed E-state index contributed by atoms with van der Waals surface area (Å²) in [5, 5.41) is 0. The van der Waals surface area contributed by atoms with Crippen molar-refractivity contribution < 1.29 is 32.5 Å². The SMILES string of the molecule is C=C1OC(F)C(C2OC(=O)OC2F)O1. The molecule has 4 atom stereocenters. The summed E-state index contributed by atoms with van der Waals surface area (Å²) in [4.78, 5) is 10.5. The molecule has 0 aromatic carbocycles. The minimum atomic E-state index is -2.06. The quantitative estimate of drug-likeness (QED) is 0.601. The molecule has 2 saturated heterocycles. The fraction of sp³-hybridized carbons (Fsp3) is 0.571. The maximum absolute atomic E-state index is 13.0. The summed E-state index contributed by atoms with van der Waals surface area (Å²) in [5.41, 5.74) is 0. The number of rotatable bonds is 1. The van der Waals surface area contributed by atoms with Crippen molar-refractivity contribution in [2.24, 2.45) is 0 Å². The number of cyclic esters (lactones) is 2. The van der Waals surface area contributed by atoms with Gasteiger partial charge >= 0.3 is 6.16 Å². The maximum atomic E-state index is 13.0. The van der Waals surface area contributed by atoms with Gasteiger partial charge in [0, 0.05) is 0 Å². The van der Waals surface area contributed by atoms with Crippen molar-refractivity contribution in [1.82, 2.24) is 0 Å². The van der Waals surface area contributed by atoms with Crippen LogP contribution in [0.1, 0.15) is 0 Å². The van der Waals surface area contributed by atoms with Crippen molar-refractivity contribution in [3.63, 3.8) is 0 Å². The van der Waals surface area contributed by atoms with Gasteiger partial charge in [-0.15, -0.1) is 0 Å². The first-order valence-electron chi connectivity index (χ1n) is 3.75. The Hall–Kier alpha value is -1.53. The van der Waals surface area contributed by atoms with Crippen LogP contribution in [0.3, 0.4) is 0 Å². The molecular formula is C7H6F2O5. The van der Waals surface area contributed by atoms with Gasteiger partial charge in [-0.3, -0.25) is 0 Å². The van der Waals surface area contributed by atoms with Crippen LogP contribution in [0.5, 0.6) is 0 Å². The fourth-order valence-electron chi connectivity index (χ4n) is 1.21. The van der Waals surface area contributed by atoms with E-state index >= 15 is 0 Å².